The smallest absolute Gasteiger partial charge is 0.00549 e. The van der Waals surface area contributed by atoms with Gasteiger partial charge in [0.05, 0.1) is 0 Å². The largest absolute Gasteiger partial charge is 0.0645 e. The molecule has 0 saturated carbocycles. The van der Waals surface area contributed by atoms with Crippen molar-refractivity contribution in [3.63, 3.8) is 0 Å². The Morgan fingerprint density at radius 2 is 1.29 bits per heavy atom. The predicted molar refractivity (Wildman–Crippen MR) is 77.6 cm³/mol. The highest BCUT2D eigenvalue weighted by molar-refractivity contribution is 5.32. The molecular weight excluding hydrogens is 204 g/mol. The van der Waals surface area contributed by atoms with E-state index in [1.54, 1.807) is 0 Å². The van der Waals surface area contributed by atoms with E-state index in [0.29, 0.717) is 11.3 Å². The minimum atomic E-state index is 0.249. The van der Waals surface area contributed by atoms with E-state index < -0.39 is 0 Å². The molecule has 1 unspecified atom stereocenters. The van der Waals surface area contributed by atoms with Gasteiger partial charge in [0.1, 0.15) is 0 Å². The van der Waals surface area contributed by atoms with Crippen molar-refractivity contribution in [2.45, 2.75) is 65.7 Å². The molecule has 0 aromatic heterocycles. The van der Waals surface area contributed by atoms with Crippen LogP contribution in [0.4, 0.5) is 0 Å². The second kappa shape index (κ2) is 4.84. The van der Waals surface area contributed by atoms with Gasteiger partial charge in [0.25, 0.3) is 0 Å². The Morgan fingerprint density at radius 3 is 1.59 bits per heavy atom. The van der Waals surface area contributed by atoms with E-state index in [9.17, 15) is 0 Å². The summed E-state index contributed by atoms with van der Waals surface area (Å²) in [5.74, 6) is 0.674. The molecule has 17 heavy (non-hydrogen) atoms. The Morgan fingerprint density at radius 1 is 0.882 bits per heavy atom. The predicted octanol–water partition coefficient (Wildman–Crippen LogP) is 5.31. The summed E-state index contributed by atoms with van der Waals surface area (Å²) in [6.45, 7) is 16.1. The number of rotatable bonds is 3. The third kappa shape index (κ3) is 2.91. The summed E-state index contributed by atoms with van der Waals surface area (Å²) in [5, 5.41) is 0. The molecule has 96 valence electrons. The second-order valence-electron chi connectivity index (χ2n) is 6.75. The van der Waals surface area contributed by atoms with Gasteiger partial charge >= 0.3 is 0 Å². The van der Waals surface area contributed by atoms with E-state index >= 15 is 0 Å². The molecule has 0 heteroatoms. The molecule has 0 saturated heterocycles. The van der Waals surface area contributed by atoms with Crippen molar-refractivity contribution in [1.82, 2.24) is 0 Å². The first-order valence-corrected chi connectivity index (χ1v) is 6.83. The standard InChI is InChI=1S/C17H28/c1-8-17(7,13(2)3)15-11-9-14(10-12-15)16(4,5)6/h9-13H,8H2,1-7H3. The van der Waals surface area contributed by atoms with Crippen LogP contribution >= 0.6 is 0 Å². The first-order valence-electron chi connectivity index (χ1n) is 6.83. The maximum atomic E-state index is 2.38. The van der Waals surface area contributed by atoms with Gasteiger partial charge in [-0.1, -0.05) is 72.7 Å². The highest BCUT2D eigenvalue weighted by atomic mass is 14.3. The first-order chi connectivity index (χ1) is 7.71. The third-order valence-corrected chi connectivity index (χ3v) is 4.42. The Labute approximate surface area is 107 Å². The maximum Gasteiger partial charge on any atom is -0.00549 e. The third-order valence-electron chi connectivity index (χ3n) is 4.42. The van der Waals surface area contributed by atoms with Crippen molar-refractivity contribution >= 4 is 0 Å². The molecule has 0 bridgehead atoms. The molecule has 0 aliphatic heterocycles. The van der Waals surface area contributed by atoms with Crippen molar-refractivity contribution < 1.29 is 0 Å². The minimum Gasteiger partial charge on any atom is -0.0645 e. The lowest BCUT2D eigenvalue weighted by Crippen LogP contribution is -2.27. The molecule has 0 amide bonds. The molecule has 0 aliphatic rings. The Balaban J connectivity index is 3.10. The summed E-state index contributed by atoms with van der Waals surface area (Å²) in [5.41, 5.74) is 3.45. The number of hydrogen-bond donors (Lipinski definition) is 0. The molecule has 1 atom stereocenters. The normalized spacial score (nSPS) is 16.0. The van der Waals surface area contributed by atoms with Crippen LogP contribution in [0.2, 0.25) is 0 Å². The van der Waals surface area contributed by atoms with Gasteiger partial charge in [0.2, 0.25) is 0 Å². The van der Waals surface area contributed by atoms with E-state index in [0.717, 1.165) is 0 Å². The Hall–Kier alpha value is -0.780. The van der Waals surface area contributed by atoms with Crippen molar-refractivity contribution in [2.24, 2.45) is 5.92 Å². The van der Waals surface area contributed by atoms with Crippen molar-refractivity contribution in [3.05, 3.63) is 35.4 Å². The average Bonchev–Trinajstić information content (AvgIpc) is 2.26. The molecule has 1 aromatic carbocycles. The van der Waals surface area contributed by atoms with Gasteiger partial charge in [0, 0.05) is 0 Å². The van der Waals surface area contributed by atoms with E-state index in [2.05, 4.69) is 72.7 Å². The lowest BCUT2D eigenvalue weighted by Gasteiger charge is -2.34. The quantitative estimate of drug-likeness (QED) is 0.662. The van der Waals surface area contributed by atoms with Crippen LogP contribution in [-0.4, -0.2) is 0 Å². The fourth-order valence-electron chi connectivity index (χ4n) is 2.30. The zero-order chi connectivity index (χ0) is 13.3. The zero-order valence-corrected chi connectivity index (χ0v) is 12.6. The topological polar surface area (TPSA) is 0 Å². The fourth-order valence-corrected chi connectivity index (χ4v) is 2.30. The van der Waals surface area contributed by atoms with Gasteiger partial charge in [-0.3, -0.25) is 0 Å². The lowest BCUT2D eigenvalue weighted by atomic mass is 9.71. The van der Waals surface area contributed by atoms with Gasteiger partial charge in [-0.15, -0.1) is 0 Å². The molecule has 0 aliphatic carbocycles. The van der Waals surface area contributed by atoms with E-state index in [-0.39, 0.29) is 5.41 Å². The summed E-state index contributed by atoms with van der Waals surface area (Å²) < 4.78 is 0. The van der Waals surface area contributed by atoms with E-state index in [4.69, 9.17) is 0 Å². The Bertz CT molecular complexity index is 351. The zero-order valence-electron chi connectivity index (χ0n) is 12.6. The highest BCUT2D eigenvalue weighted by Crippen LogP contribution is 2.36. The number of hydrogen-bond acceptors (Lipinski definition) is 0. The summed E-state index contributed by atoms with van der Waals surface area (Å²) in [6.07, 6.45) is 1.19. The van der Waals surface area contributed by atoms with Crippen LogP contribution in [0.25, 0.3) is 0 Å². The Kier molecular flexibility index (Phi) is 4.06. The number of benzene rings is 1. The highest BCUT2D eigenvalue weighted by Gasteiger charge is 2.28. The van der Waals surface area contributed by atoms with Gasteiger partial charge in [-0.05, 0) is 34.3 Å². The summed E-state index contributed by atoms with van der Waals surface area (Å²) >= 11 is 0. The summed E-state index contributed by atoms with van der Waals surface area (Å²) in [4.78, 5) is 0. The van der Waals surface area contributed by atoms with Gasteiger partial charge in [-0.25, -0.2) is 0 Å². The van der Waals surface area contributed by atoms with Crippen molar-refractivity contribution in [1.29, 1.82) is 0 Å². The molecule has 1 rings (SSSR count). The van der Waals surface area contributed by atoms with E-state index in [1.165, 1.54) is 17.5 Å². The van der Waals surface area contributed by atoms with Gasteiger partial charge < -0.3 is 0 Å². The monoisotopic (exact) mass is 232 g/mol. The molecule has 0 radical (unpaired) electrons. The fraction of sp³-hybridized carbons (Fsp3) is 0.647. The SMILES string of the molecule is CCC(C)(c1ccc(C(C)(C)C)cc1)C(C)C. The molecule has 0 fully saturated rings. The van der Waals surface area contributed by atoms with Crippen LogP contribution in [-0.2, 0) is 10.8 Å². The summed E-state index contributed by atoms with van der Waals surface area (Å²) in [7, 11) is 0. The minimum absolute atomic E-state index is 0.249. The molecule has 0 spiro atoms. The van der Waals surface area contributed by atoms with Crippen molar-refractivity contribution in [2.75, 3.05) is 0 Å². The van der Waals surface area contributed by atoms with Crippen LogP contribution in [0.15, 0.2) is 24.3 Å². The second-order valence-corrected chi connectivity index (χ2v) is 6.75. The molecule has 0 heterocycles. The molecule has 1 aromatic rings. The summed E-state index contributed by atoms with van der Waals surface area (Å²) in [6, 6.07) is 9.24. The average molecular weight is 232 g/mol. The maximum absolute atomic E-state index is 2.38. The molecule has 0 nitrogen and oxygen atoms in total. The van der Waals surface area contributed by atoms with Crippen LogP contribution in [0, 0.1) is 5.92 Å². The molecular formula is C17H28. The van der Waals surface area contributed by atoms with Crippen molar-refractivity contribution in [3.8, 4) is 0 Å². The van der Waals surface area contributed by atoms with E-state index in [1.807, 2.05) is 0 Å². The van der Waals surface area contributed by atoms with Crippen LogP contribution in [0.1, 0.15) is 66.0 Å². The van der Waals surface area contributed by atoms with Gasteiger partial charge in [0.15, 0.2) is 0 Å². The molecule has 0 N–H and O–H groups in total. The van der Waals surface area contributed by atoms with Crippen LogP contribution < -0.4 is 0 Å². The first kappa shape index (κ1) is 14.3. The van der Waals surface area contributed by atoms with Crippen LogP contribution in [0.5, 0.6) is 0 Å². The lowest BCUT2D eigenvalue weighted by molar-refractivity contribution is 0.326. The van der Waals surface area contributed by atoms with Crippen LogP contribution in [0.3, 0.4) is 0 Å². The van der Waals surface area contributed by atoms with Gasteiger partial charge in [-0.2, -0.15) is 0 Å².